The summed E-state index contributed by atoms with van der Waals surface area (Å²) in [6.07, 6.45) is 0. The van der Waals surface area contributed by atoms with Gasteiger partial charge in [0.05, 0.1) is 13.7 Å². The average molecular weight is 268 g/mol. The lowest BCUT2D eigenvalue weighted by molar-refractivity contribution is -0.142. The van der Waals surface area contributed by atoms with Crippen molar-refractivity contribution in [2.45, 2.75) is 0 Å². The first-order valence-corrected chi connectivity index (χ1v) is 5.86. The summed E-state index contributed by atoms with van der Waals surface area (Å²) in [5, 5.41) is 6.11. The van der Waals surface area contributed by atoms with Crippen LogP contribution in [0, 0.1) is 0 Å². The number of nitrogens with one attached hydrogen (secondary N) is 1. The molecule has 3 N–H and O–H groups in total. The van der Waals surface area contributed by atoms with Crippen LogP contribution in [0.15, 0.2) is 0 Å². The highest BCUT2D eigenvalue weighted by molar-refractivity contribution is 5.90. The van der Waals surface area contributed by atoms with E-state index >= 15 is 0 Å². The third-order valence-electron chi connectivity index (χ3n) is 2.95. The van der Waals surface area contributed by atoms with E-state index in [4.69, 9.17) is 5.73 Å². The van der Waals surface area contributed by atoms with Gasteiger partial charge in [-0.25, -0.2) is 0 Å². The summed E-state index contributed by atoms with van der Waals surface area (Å²) < 4.78 is 4.60. The molecule has 1 aromatic rings. The van der Waals surface area contributed by atoms with E-state index in [2.05, 4.69) is 19.9 Å². The zero-order chi connectivity index (χ0) is 13.8. The Morgan fingerprint density at radius 2 is 2.05 bits per heavy atom. The second kappa shape index (κ2) is 5.65. The van der Waals surface area contributed by atoms with Crippen LogP contribution < -0.4 is 5.73 Å². The Morgan fingerprint density at radius 3 is 2.58 bits per heavy atom. The molecular formula is C10H16N6O3. The number of nitrogen functional groups attached to an aromatic ring is 1. The number of hydrogen-bond acceptors (Lipinski definition) is 7. The van der Waals surface area contributed by atoms with Crippen LogP contribution in [0.4, 0.5) is 5.95 Å². The van der Waals surface area contributed by atoms with Crippen molar-refractivity contribution in [3.05, 3.63) is 5.82 Å². The zero-order valence-corrected chi connectivity index (χ0v) is 10.6. The summed E-state index contributed by atoms with van der Waals surface area (Å²) in [5.74, 6) is -0.323. The van der Waals surface area contributed by atoms with Gasteiger partial charge in [-0.2, -0.15) is 4.98 Å². The predicted octanol–water partition coefficient (Wildman–Crippen LogP) is -1.68. The van der Waals surface area contributed by atoms with Gasteiger partial charge < -0.3 is 15.4 Å². The van der Waals surface area contributed by atoms with Crippen LogP contribution in [0.25, 0.3) is 0 Å². The van der Waals surface area contributed by atoms with Crippen molar-refractivity contribution in [1.82, 2.24) is 25.0 Å². The number of aromatic amines is 1. The lowest BCUT2D eigenvalue weighted by Gasteiger charge is -2.33. The minimum absolute atomic E-state index is 0.0488. The molecule has 104 valence electrons. The maximum absolute atomic E-state index is 12.0. The van der Waals surface area contributed by atoms with E-state index in [1.807, 2.05) is 4.90 Å². The average Bonchev–Trinajstić information content (AvgIpc) is 2.85. The standard InChI is InChI=1S/C10H16N6O3/c1-19-7(17)6-15-2-4-16(5-3-15)9(18)8-12-10(11)14-13-8/h2-6H2,1H3,(H3,11,12,13,14). The molecule has 9 heteroatoms. The van der Waals surface area contributed by atoms with Gasteiger partial charge in [0, 0.05) is 26.2 Å². The number of methoxy groups -OCH3 is 1. The van der Waals surface area contributed by atoms with Crippen molar-refractivity contribution in [1.29, 1.82) is 0 Å². The molecule has 2 heterocycles. The molecule has 0 radical (unpaired) electrons. The predicted molar refractivity (Wildman–Crippen MR) is 65.2 cm³/mol. The van der Waals surface area contributed by atoms with Crippen LogP contribution >= 0.6 is 0 Å². The molecule has 0 spiro atoms. The lowest BCUT2D eigenvalue weighted by atomic mass is 10.3. The molecular weight excluding hydrogens is 252 g/mol. The van der Waals surface area contributed by atoms with Crippen molar-refractivity contribution < 1.29 is 14.3 Å². The Balaban J connectivity index is 1.86. The van der Waals surface area contributed by atoms with Gasteiger partial charge in [0.2, 0.25) is 11.8 Å². The third kappa shape index (κ3) is 3.19. The first-order chi connectivity index (χ1) is 9.10. The SMILES string of the molecule is COC(=O)CN1CCN(C(=O)c2nc(N)n[nH]2)CC1. The Hall–Kier alpha value is -2.16. The molecule has 1 aliphatic heterocycles. The molecule has 2 rings (SSSR count). The molecule has 1 fully saturated rings. The largest absolute Gasteiger partial charge is 0.468 e. The van der Waals surface area contributed by atoms with E-state index in [0.717, 1.165) is 0 Å². The number of piperazine rings is 1. The molecule has 0 aromatic carbocycles. The molecule has 1 aliphatic rings. The number of nitrogens with zero attached hydrogens (tertiary/aromatic N) is 4. The first-order valence-electron chi connectivity index (χ1n) is 5.86. The summed E-state index contributed by atoms with van der Waals surface area (Å²) in [5.41, 5.74) is 5.35. The number of esters is 1. The van der Waals surface area contributed by atoms with Crippen molar-refractivity contribution >= 4 is 17.8 Å². The number of ether oxygens (including phenoxy) is 1. The quantitative estimate of drug-likeness (QED) is 0.628. The van der Waals surface area contributed by atoms with Crippen LogP contribution in [0.5, 0.6) is 0 Å². The van der Waals surface area contributed by atoms with E-state index in [9.17, 15) is 9.59 Å². The molecule has 0 unspecified atom stereocenters. The highest BCUT2D eigenvalue weighted by Gasteiger charge is 2.25. The number of rotatable bonds is 3. The van der Waals surface area contributed by atoms with Gasteiger partial charge in [0.15, 0.2) is 0 Å². The van der Waals surface area contributed by atoms with Gasteiger partial charge in [-0.05, 0) is 0 Å². The highest BCUT2D eigenvalue weighted by atomic mass is 16.5. The van der Waals surface area contributed by atoms with Crippen LogP contribution in [0.2, 0.25) is 0 Å². The number of amides is 1. The summed E-state index contributed by atoms with van der Waals surface area (Å²) in [7, 11) is 1.36. The molecule has 0 bridgehead atoms. The molecule has 1 aromatic heterocycles. The topological polar surface area (TPSA) is 117 Å². The number of anilines is 1. The van der Waals surface area contributed by atoms with E-state index in [-0.39, 0.29) is 30.2 Å². The number of nitrogens with two attached hydrogens (primary N) is 1. The Kier molecular flexibility index (Phi) is 3.95. The molecule has 9 nitrogen and oxygen atoms in total. The number of aromatic nitrogens is 3. The molecule has 0 saturated carbocycles. The molecule has 1 saturated heterocycles. The molecule has 19 heavy (non-hydrogen) atoms. The van der Waals surface area contributed by atoms with Gasteiger partial charge in [-0.1, -0.05) is 0 Å². The zero-order valence-electron chi connectivity index (χ0n) is 10.6. The number of carbonyl (C=O) groups excluding carboxylic acids is 2. The lowest BCUT2D eigenvalue weighted by Crippen LogP contribution is -2.50. The van der Waals surface area contributed by atoms with Crippen molar-refractivity contribution in [2.75, 3.05) is 45.6 Å². The van der Waals surface area contributed by atoms with Gasteiger partial charge in [0.25, 0.3) is 5.91 Å². The minimum atomic E-state index is -0.275. The summed E-state index contributed by atoms with van der Waals surface area (Å²) >= 11 is 0. The van der Waals surface area contributed by atoms with Gasteiger partial charge in [-0.15, -0.1) is 5.10 Å². The van der Waals surface area contributed by atoms with Gasteiger partial charge in [-0.3, -0.25) is 19.6 Å². The van der Waals surface area contributed by atoms with E-state index in [1.165, 1.54) is 7.11 Å². The van der Waals surface area contributed by atoms with E-state index < -0.39 is 0 Å². The van der Waals surface area contributed by atoms with E-state index in [0.29, 0.717) is 26.2 Å². The normalized spacial score (nSPS) is 16.4. The Labute approximate surface area is 109 Å². The van der Waals surface area contributed by atoms with Crippen LogP contribution in [-0.4, -0.2) is 76.7 Å². The maximum atomic E-state index is 12.0. The van der Waals surface area contributed by atoms with Crippen molar-refractivity contribution in [3.8, 4) is 0 Å². The highest BCUT2D eigenvalue weighted by Crippen LogP contribution is 2.06. The first kappa shape index (κ1) is 13.3. The summed E-state index contributed by atoms with van der Waals surface area (Å²) in [6.45, 7) is 2.52. The molecule has 1 amide bonds. The number of carbonyl (C=O) groups is 2. The fraction of sp³-hybridized carbons (Fsp3) is 0.600. The van der Waals surface area contributed by atoms with Crippen LogP contribution in [0.3, 0.4) is 0 Å². The summed E-state index contributed by atoms with van der Waals surface area (Å²) in [6, 6.07) is 0. The monoisotopic (exact) mass is 268 g/mol. The van der Waals surface area contributed by atoms with Crippen molar-refractivity contribution in [2.24, 2.45) is 0 Å². The Morgan fingerprint density at radius 1 is 1.37 bits per heavy atom. The van der Waals surface area contributed by atoms with Gasteiger partial charge >= 0.3 is 5.97 Å². The number of hydrogen-bond donors (Lipinski definition) is 2. The number of H-pyrrole nitrogens is 1. The van der Waals surface area contributed by atoms with Gasteiger partial charge in [0.1, 0.15) is 0 Å². The fourth-order valence-electron chi connectivity index (χ4n) is 1.88. The summed E-state index contributed by atoms with van der Waals surface area (Å²) in [4.78, 5) is 30.5. The van der Waals surface area contributed by atoms with Crippen LogP contribution in [-0.2, 0) is 9.53 Å². The smallest absolute Gasteiger partial charge is 0.319 e. The second-order valence-electron chi connectivity index (χ2n) is 4.19. The minimum Gasteiger partial charge on any atom is -0.468 e. The van der Waals surface area contributed by atoms with E-state index in [1.54, 1.807) is 4.90 Å². The molecule has 0 aliphatic carbocycles. The van der Waals surface area contributed by atoms with Crippen LogP contribution in [0.1, 0.15) is 10.6 Å². The Bertz CT molecular complexity index is 466. The third-order valence-corrected chi connectivity index (χ3v) is 2.95. The van der Waals surface area contributed by atoms with Crippen molar-refractivity contribution in [3.63, 3.8) is 0 Å². The molecule has 0 atom stereocenters. The maximum Gasteiger partial charge on any atom is 0.319 e. The second-order valence-corrected chi connectivity index (χ2v) is 4.19. The fourth-order valence-corrected chi connectivity index (χ4v) is 1.88.